The minimum atomic E-state index is -0.984. The van der Waals surface area contributed by atoms with Crippen LogP contribution in [0.15, 0.2) is 22.7 Å². The molecular formula is C15H19BrO4. The van der Waals surface area contributed by atoms with Crippen molar-refractivity contribution in [1.29, 1.82) is 0 Å². The number of carboxylic acids is 1. The predicted octanol–water partition coefficient (Wildman–Crippen LogP) is 4.12. The van der Waals surface area contributed by atoms with E-state index in [0.29, 0.717) is 24.7 Å². The lowest BCUT2D eigenvalue weighted by molar-refractivity contribution is -0.131. The van der Waals surface area contributed by atoms with E-state index in [-0.39, 0.29) is 0 Å². The minimum absolute atomic E-state index is 0.517. The maximum absolute atomic E-state index is 10.6. The van der Waals surface area contributed by atoms with Gasteiger partial charge in [-0.1, -0.05) is 13.3 Å². The van der Waals surface area contributed by atoms with Crippen LogP contribution in [0.1, 0.15) is 32.3 Å². The molecule has 0 aliphatic rings. The summed E-state index contributed by atoms with van der Waals surface area (Å²) in [5, 5.41) is 8.66. The molecule has 4 nitrogen and oxygen atoms in total. The van der Waals surface area contributed by atoms with E-state index in [0.717, 1.165) is 29.0 Å². The molecule has 110 valence electrons. The van der Waals surface area contributed by atoms with Crippen molar-refractivity contribution < 1.29 is 19.4 Å². The first-order valence-corrected chi connectivity index (χ1v) is 7.37. The number of ether oxygens (including phenoxy) is 2. The van der Waals surface area contributed by atoms with Crippen molar-refractivity contribution in [2.75, 3.05) is 13.2 Å². The number of unbranched alkanes of at least 4 members (excludes halogenated alkanes) is 1. The Morgan fingerprint density at radius 1 is 1.35 bits per heavy atom. The van der Waals surface area contributed by atoms with E-state index >= 15 is 0 Å². The molecule has 1 aromatic rings. The van der Waals surface area contributed by atoms with Crippen molar-refractivity contribution >= 4 is 28.0 Å². The summed E-state index contributed by atoms with van der Waals surface area (Å²) in [7, 11) is 0. The van der Waals surface area contributed by atoms with Gasteiger partial charge in [-0.3, -0.25) is 0 Å². The van der Waals surface area contributed by atoms with Crippen LogP contribution in [0.25, 0.3) is 6.08 Å². The standard InChI is InChI=1S/C15H19BrO4/c1-3-5-8-20-15-12(16)9-11(6-7-14(17)18)10-13(15)19-4-2/h6-7,9-10H,3-5,8H2,1-2H3,(H,17,18)/b7-6+. The van der Waals surface area contributed by atoms with Gasteiger partial charge in [0.2, 0.25) is 0 Å². The fraction of sp³-hybridized carbons (Fsp3) is 0.400. The van der Waals surface area contributed by atoms with Gasteiger partial charge in [0.15, 0.2) is 11.5 Å². The van der Waals surface area contributed by atoms with Gasteiger partial charge in [0.25, 0.3) is 0 Å². The van der Waals surface area contributed by atoms with Gasteiger partial charge in [0, 0.05) is 6.08 Å². The Labute approximate surface area is 127 Å². The number of carbonyl (C=O) groups is 1. The third-order valence-corrected chi connectivity index (χ3v) is 3.08. The van der Waals surface area contributed by atoms with Crippen molar-refractivity contribution in [3.63, 3.8) is 0 Å². The molecule has 0 aliphatic heterocycles. The second-order valence-electron chi connectivity index (χ2n) is 4.14. The molecule has 0 unspecified atom stereocenters. The summed E-state index contributed by atoms with van der Waals surface area (Å²) in [6.45, 7) is 5.13. The molecule has 0 heterocycles. The first-order valence-electron chi connectivity index (χ1n) is 6.58. The number of halogens is 1. The second-order valence-corrected chi connectivity index (χ2v) is 4.99. The van der Waals surface area contributed by atoms with E-state index in [1.165, 1.54) is 6.08 Å². The van der Waals surface area contributed by atoms with Gasteiger partial charge in [0.05, 0.1) is 17.7 Å². The van der Waals surface area contributed by atoms with Crippen LogP contribution in [-0.2, 0) is 4.79 Å². The Bertz CT molecular complexity index is 483. The molecule has 0 saturated heterocycles. The summed E-state index contributed by atoms with van der Waals surface area (Å²) >= 11 is 3.44. The van der Waals surface area contributed by atoms with Crippen LogP contribution < -0.4 is 9.47 Å². The van der Waals surface area contributed by atoms with Gasteiger partial charge in [-0.15, -0.1) is 0 Å². The first kappa shape index (κ1) is 16.6. The van der Waals surface area contributed by atoms with E-state index in [2.05, 4.69) is 22.9 Å². The molecule has 0 fully saturated rings. The summed E-state index contributed by atoms with van der Waals surface area (Å²) in [4.78, 5) is 10.6. The Morgan fingerprint density at radius 2 is 2.10 bits per heavy atom. The van der Waals surface area contributed by atoms with Crippen LogP contribution >= 0.6 is 15.9 Å². The third kappa shape index (κ3) is 5.25. The third-order valence-electron chi connectivity index (χ3n) is 2.49. The maximum Gasteiger partial charge on any atom is 0.328 e. The van der Waals surface area contributed by atoms with Crippen molar-refractivity contribution in [2.45, 2.75) is 26.7 Å². The van der Waals surface area contributed by atoms with Gasteiger partial charge in [0.1, 0.15) is 0 Å². The Balaban J connectivity index is 3.01. The molecule has 0 saturated carbocycles. The number of hydrogen-bond acceptors (Lipinski definition) is 3. The zero-order valence-corrected chi connectivity index (χ0v) is 13.3. The van der Waals surface area contributed by atoms with E-state index in [4.69, 9.17) is 14.6 Å². The van der Waals surface area contributed by atoms with Crippen LogP contribution in [0.3, 0.4) is 0 Å². The highest BCUT2D eigenvalue weighted by molar-refractivity contribution is 9.10. The fourth-order valence-electron chi connectivity index (χ4n) is 1.57. The summed E-state index contributed by atoms with van der Waals surface area (Å²) in [5.41, 5.74) is 0.741. The number of aliphatic carboxylic acids is 1. The molecular weight excluding hydrogens is 324 g/mol. The molecule has 20 heavy (non-hydrogen) atoms. The number of carboxylic acid groups (broad SMARTS) is 1. The normalized spacial score (nSPS) is 10.8. The summed E-state index contributed by atoms with van der Waals surface area (Å²) in [6.07, 6.45) is 4.64. The lowest BCUT2D eigenvalue weighted by Gasteiger charge is -2.14. The maximum atomic E-state index is 10.6. The molecule has 0 amide bonds. The average molecular weight is 343 g/mol. The summed E-state index contributed by atoms with van der Waals surface area (Å²) in [6, 6.07) is 3.58. The highest BCUT2D eigenvalue weighted by Gasteiger charge is 2.11. The Morgan fingerprint density at radius 3 is 2.70 bits per heavy atom. The van der Waals surface area contributed by atoms with Gasteiger partial charge < -0.3 is 14.6 Å². The van der Waals surface area contributed by atoms with Crippen molar-refractivity contribution in [3.05, 3.63) is 28.2 Å². The molecule has 0 spiro atoms. The van der Waals surface area contributed by atoms with Gasteiger partial charge in [-0.2, -0.15) is 0 Å². The molecule has 0 aliphatic carbocycles. The van der Waals surface area contributed by atoms with E-state index in [1.54, 1.807) is 6.07 Å². The molecule has 0 radical (unpaired) electrons. The van der Waals surface area contributed by atoms with Crippen molar-refractivity contribution in [3.8, 4) is 11.5 Å². The lowest BCUT2D eigenvalue weighted by Crippen LogP contribution is -2.02. The summed E-state index contributed by atoms with van der Waals surface area (Å²) < 4.78 is 12.0. The van der Waals surface area contributed by atoms with Gasteiger partial charge in [-0.25, -0.2) is 4.79 Å². The number of rotatable bonds is 8. The number of benzene rings is 1. The smallest absolute Gasteiger partial charge is 0.328 e. The zero-order chi connectivity index (χ0) is 15.0. The SMILES string of the molecule is CCCCOc1c(Br)cc(/C=C/C(=O)O)cc1OCC. The second kappa shape index (κ2) is 8.64. The largest absolute Gasteiger partial charge is 0.490 e. The van der Waals surface area contributed by atoms with Crippen molar-refractivity contribution in [2.24, 2.45) is 0 Å². The van der Waals surface area contributed by atoms with Crippen molar-refractivity contribution in [1.82, 2.24) is 0 Å². The Kier molecular flexibility index (Phi) is 7.15. The molecule has 1 rings (SSSR count). The predicted molar refractivity (Wildman–Crippen MR) is 82.4 cm³/mol. The van der Waals surface area contributed by atoms with E-state index in [9.17, 15) is 4.79 Å². The number of hydrogen-bond donors (Lipinski definition) is 1. The molecule has 1 aromatic carbocycles. The van der Waals surface area contributed by atoms with Crippen LogP contribution in [0.2, 0.25) is 0 Å². The first-order chi connectivity index (χ1) is 9.58. The van der Waals surface area contributed by atoms with E-state index in [1.807, 2.05) is 13.0 Å². The minimum Gasteiger partial charge on any atom is -0.490 e. The fourth-order valence-corrected chi connectivity index (χ4v) is 2.15. The van der Waals surface area contributed by atoms with Crippen LogP contribution in [0.4, 0.5) is 0 Å². The van der Waals surface area contributed by atoms with Crippen LogP contribution in [-0.4, -0.2) is 24.3 Å². The summed E-state index contributed by atoms with van der Waals surface area (Å²) in [5.74, 6) is 0.290. The molecule has 0 aromatic heterocycles. The molecule has 1 N–H and O–H groups in total. The Hall–Kier alpha value is -1.49. The highest BCUT2D eigenvalue weighted by atomic mass is 79.9. The monoisotopic (exact) mass is 342 g/mol. The molecule has 0 bridgehead atoms. The quantitative estimate of drug-likeness (QED) is 0.570. The van der Waals surface area contributed by atoms with Crippen LogP contribution in [0.5, 0.6) is 11.5 Å². The highest BCUT2D eigenvalue weighted by Crippen LogP contribution is 2.37. The topological polar surface area (TPSA) is 55.8 Å². The van der Waals surface area contributed by atoms with Gasteiger partial charge >= 0.3 is 5.97 Å². The average Bonchev–Trinajstić information content (AvgIpc) is 2.39. The lowest BCUT2D eigenvalue weighted by atomic mass is 10.2. The van der Waals surface area contributed by atoms with Gasteiger partial charge in [-0.05, 0) is 53.0 Å². The zero-order valence-electron chi connectivity index (χ0n) is 11.7. The molecule has 0 atom stereocenters. The molecule has 5 heteroatoms. The van der Waals surface area contributed by atoms with E-state index < -0.39 is 5.97 Å². The van der Waals surface area contributed by atoms with Crippen LogP contribution in [0, 0.1) is 0 Å².